The second kappa shape index (κ2) is 10.3. The van der Waals surface area contributed by atoms with Gasteiger partial charge in [-0.15, -0.1) is 0 Å². The number of carbonyl (C=O) groups excluding carboxylic acids is 1. The fourth-order valence-electron chi connectivity index (χ4n) is 4.04. The molecule has 2 aromatic carbocycles. The number of phenolic OH excluding ortho intramolecular Hbond substituents is 1. The van der Waals surface area contributed by atoms with Gasteiger partial charge in [-0.05, 0) is 55.3 Å². The predicted octanol–water partition coefficient (Wildman–Crippen LogP) is 2.53. The van der Waals surface area contributed by atoms with Crippen molar-refractivity contribution in [1.82, 2.24) is 4.57 Å². The second-order valence-electron chi connectivity index (χ2n) is 7.85. The van der Waals surface area contributed by atoms with Crippen LogP contribution in [-0.4, -0.2) is 43.6 Å². The molecule has 0 aliphatic carbocycles. The predicted molar refractivity (Wildman–Crippen MR) is 135 cm³/mol. The molecule has 1 aliphatic rings. The molecule has 0 spiro atoms. The number of hydrogen-bond donors (Lipinski definition) is 1. The molecule has 4 rings (SSSR count). The van der Waals surface area contributed by atoms with Gasteiger partial charge in [0.25, 0.3) is 5.56 Å². The molecule has 36 heavy (non-hydrogen) atoms. The van der Waals surface area contributed by atoms with Gasteiger partial charge < -0.3 is 24.1 Å². The molecule has 0 amide bonds. The van der Waals surface area contributed by atoms with Crippen LogP contribution >= 0.6 is 11.3 Å². The van der Waals surface area contributed by atoms with E-state index < -0.39 is 12.0 Å². The Labute approximate surface area is 211 Å². The molecule has 2 heterocycles. The van der Waals surface area contributed by atoms with Crippen molar-refractivity contribution in [2.45, 2.75) is 19.9 Å². The lowest BCUT2D eigenvalue weighted by Crippen LogP contribution is -2.39. The largest absolute Gasteiger partial charge is 0.502 e. The Hall–Kier alpha value is -4.05. The minimum absolute atomic E-state index is 0.132. The summed E-state index contributed by atoms with van der Waals surface area (Å²) in [4.78, 5) is 31.7. The minimum atomic E-state index is -0.725. The van der Waals surface area contributed by atoms with Crippen molar-refractivity contribution in [3.8, 4) is 23.0 Å². The summed E-state index contributed by atoms with van der Waals surface area (Å²) in [5, 5.41) is 10.2. The molecule has 1 N–H and O–H groups in total. The Morgan fingerprint density at radius 2 is 1.75 bits per heavy atom. The summed E-state index contributed by atoms with van der Waals surface area (Å²) >= 11 is 1.20. The lowest BCUT2D eigenvalue weighted by molar-refractivity contribution is -0.139. The monoisotopic (exact) mass is 510 g/mol. The van der Waals surface area contributed by atoms with E-state index in [9.17, 15) is 14.7 Å². The van der Waals surface area contributed by atoms with Gasteiger partial charge in [0, 0.05) is 0 Å². The van der Waals surface area contributed by atoms with Gasteiger partial charge >= 0.3 is 5.97 Å². The SMILES string of the molecule is CCOC(=O)C1=C(C)N=c2s/c(=C/c3cc(OC)c(O)c(OC)c3)c(=O)n2[C@H]1c1ccc(OC)cc1. The van der Waals surface area contributed by atoms with Crippen LogP contribution in [0.2, 0.25) is 0 Å². The molecular formula is C26H26N2O7S. The topological polar surface area (TPSA) is 109 Å². The molecule has 1 aliphatic heterocycles. The van der Waals surface area contributed by atoms with Crippen LogP contribution < -0.4 is 29.1 Å². The first-order chi connectivity index (χ1) is 17.3. The number of carbonyl (C=O) groups is 1. The number of nitrogens with zero attached hydrogens (tertiary/aromatic N) is 2. The Kier molecular flexibility index (Phi) is 7.16. The van der Waals surface area contributed by atoms with E-state index in [1.807, 2.05) is 12.1 Å². The first kappa shape index (κ1) is 25.1. The first-order valence-electron chi connectivity index (χ1n) is 11.1. The molecule has 0 radical (unpaired) electrons. The number of aromatic hydroxyl groups is 1. The Bertz CT molecular complexity index is 1490. The molecule has 0 bridgehead atoms. The summed E-state index contributed by atoms with van der Waals surface area (Å²) in [5.41, 5.74) is 1.77. The van der Waals surface area contributed by atoms with Crippen LogP contribution in [0.3, 0.4) is 0 Å². The van der Waals surface area contributed by atoms with Gasteiger partial charge in [-0.3, -0.25) is 9.36 Å². The smallest absolute Gasteiger partial charge is 0.338 e. The number of allylic oxidation sites excluding steroid dienone is 1. The highest BCUT2D eigenvalue weighted by Crippen LogP contribution is 2.37. The molecule has 188 valence electrons. The van der Waals surface area contributed by atoms with E-state index in [-0.39, 0.29) is 29.4 Å². The van der Waals surface area contributed by atoms with E-state index in [4.69, 9.17) is 18.9 Å². The summed E-state index contributed by atoms with van der Waals surface area (Å²) in [6.07, 6.45) is 1.67. The number of esters is 1. The Balaban J connectivity index is 1.94. The van der Waals surface area contributed by atoms with Crippen molar-refractivity contribution in [3.05, 3.63) is 78.5 Å². The van der Waals surface area contributed by atoms with Crippen LogP contribution in [0.4, 0.5) is 0 Å². The molecule has 1 aromatic heterocycles. The van der Waals surface area contributed by atoms with E-state index in [1.165, 1.54) is 30.1 Å². The summed E-state index contributed by atoms with van der Waals surface area (Å²) in [6.45, 7) is 3.65. The van der Waals surface area contributed by atoms with E-state index in [1.54, 1.807) is 51.3 Å². The number of thiazole rings is 1. The van der Waals surface area contributed by atoms with Crippen LogP contribution in [-0.2, 0) is 9.53 Å². The van der Waals surface area contributed by atoms with Gasteiger partial charge in [0.05, 0.1) is 49.8 Å². The number of aromatic nitrogens is 1. The highest BCUT2D eigenvalue weighted by molar-refractivity contribution is 7.07. The van der Waals surface area contributed by atoms with E-state index >= 15 is 0 Å². The van der Waals surface area contributed by atoms with E-state index in [2.05, 4.69) is 4.99 Å². The normalized spacial score (nSPS) is 15.2. The third kappa shape index (κ3) is 4.47. The lowest BCUT2D eigenvalue weighted by Gasteiger charge is -2.24. The fraction of sp³-hybridized carbons (Fsp3) is 0.269. The van der Waals surface area contributed by atoms with Gasteiger partial charge in [-0.1, -0.05) is 23.5 Å². The van der Waals surface area contributed by atoms with Crippen LogP contribution in [0.1, 0.15) is 31.0 Å². The Morgan fingerprint density at radius 1 is 1.11 bits per heavy atom. The zero-order valence-electron chi connectivity index (χ0n) is 20.5. The molecular weight excluding hydrogens is 484 g/mol. The maximum Gasteiger partial charge on any atom is 0.338 e. The molecule has 10 heteroatoms. The summed E-state index contributed by atoms with van der Waals surface area (Å²) < 4.78 is 22.9. The average molecular weight is 511 g/mol. The number of methoxy groups -OCH3 is 3. The van der Waals surface area contributed by atoms with E-state index in [0.717, 1.165) is 0 Å². The van der Waals surface area contributed by atoms with Gasteiger partial charge in [0.15, 0.2) is 16.3 Å². The van der Waals surface area contributed by atoms with Gasteiger partial charge in [0.1, 0.15) is 5.75 Å². The summed E-state index contributed by atoms with van der Waals surface area (Å²) in [6, 6.07) is 9.66. The molecule has 0 fully saturated rings. The number of benzene rings is 2. The summed E-state index contributed by atoms with van der Waals surface area (Å²) in [5.74, 6) is 0.421. The molecule has 3 aromatic rings. The van der Waals surface area contributed by atoms with Crippen LogP contribution in [0.25, 0.3) is 6.08 Å². The second-order valence-corrected chi connectivity index (χ2v) is 8.86. The van der Waals surface area contributed by atoms with Crippen LogP contribution in [0.15, 0.2) is 57.5 Å². The third-order valence-corrected chi connectivity index (χ3v) is 6.73. The zero-order valence-corrected chi connectivity index (χ0v) is 21.3. The van der Waals surface area contributed by atoms with Gasteiger partial charge in [0.2, 0.25) is 5.75 Å². The molecule has 0 saturated heterocycles. The number of hydrogen-bond acceptors (Lipinski definition) is 9. The van der Waals surface area contributed by atoms with Crippen LogP contribution in [0, 0.1) is 0 Å². The van der Waals surface area contributed by atoms with Crippen molar-refractivity contribution in [2.75, 3.05) is 27.9 Å². The number of ether oxygens (including phenoxy) is 4. The van der Waals surface area contributed by atoms with Crippen molar-refractivity contribution in [2.24, 2.45) is 4.99 Å². The Morgan fingerprint density at radius 3 is 2.31 bits per heavy atom. The van der Waals surface area contributed by atoms with Crippen molar-refractivity contribution in [3.63, 3.8) is 0 Å². The molecule has 0 saturated carbocycles. The molecule has 0 unspecified atom stereocenters. The van der Waals surface area contributed by atoms with Crippen molar-refractivity contribution in [1.29, 1.82) is 0 Å². The quantitative estimate of drug-likeness (QED) is 0.487. The third-order valence-electron chi connectivity index (χ3n) is 5.75. The fourth-order valence-corrected chi connectivity index (χ4v) is 5.09. The number of phenols is 1. The first-order valence-corrected chi connectivity index (χ1v) is 11.9. The molecule has 1 atom stereocenters. The maximum atomic E-state index is 13.7. The van der Waals surface area contributed by atoms with Gasteiger partial charge in [-0.25, -0.2) is 9.79 Å². The highest BCUT2D eigenvalue weighted by Gasteiger charge is 2.33. The van der Waals surface area contributed by atoms with Crippen LogP contribution in [0.5, 0.6) is 23.0 Å². The maximum absolute atomic E-state index is 13.7. The zero-order chi connectivity index (χ0) is 26.0. The van der Waals surface area contributed by atoms with Crippen molar-refractivity contribution >= 4 is 23.4 Å². The highest BCUT2D eigenvalue weighted by atomic mass is 32.1. The van der Waals surface area contributed by atoms with Crippen molar-refractivity contribution < 1.29 is 28.8 Å². The average Bonchev–Trinajstić information content (AvgIpc) is 3.18. The standard InChI is InChI=1S/C26H26N2O7S/c1-6-35-25(31)21-14(2)27-26-28(22(21)16-7-9-17(32-3)10-8-16)24(30)20(36-26)13-15-11-18(33-4)23(29)19(12-15)34-5/h7-13,22,29H,6H2,1-5H3/b20-13+/t22-/m0/s1. The minimum Gasteiger partial charge on any atom is -0.502 e. The number of fused-ring (bicyclic) bond motifs is 1. The van der Waals surface area contributed by atoms with E-state index in [0.29, 0.717) is 37.5 Å². The van der Waals surface area contributed by atoms with Gasteiger partial charge in [-0.2, -0.15) is 0 Å². The molecule has 9 nitrogen and oxygen atoms in total. The summed E-state index contributed by atoms with van der Waals surface area (Å²) in [7, 11) is 4.43. The lowest BCUT2D eigenvalue weighted by atomic mass is 9.96. The number of rotatable bonds is 7.